The molecule has 1 aromatic carbocycles. The number of nitrogens with zero attached hydrogens (tertiary/aromatic N) is 4. The van der Waals surface area contributed by atoms with Crippen LogP contribution in [0.1, 0.15) is 10.4 Å². The molecule has 118 valence electrons. The number of aromatic nitrogens is 2. The first-order valence-electron chi connectivity index (χ1n) is 7.77. The Morgan fingerprint density at radius 2 is 1.61 bits per heavy atom. The van der Waals surface area contributed by atoms with Crippen molar-refractivity contribution in [3.8, 4) is 0 Å². The fourth-order valence-corrected chi connectivity index (χ4v) is 3.55. The summed E-state index contributed by atoms with van der Waals surface area (Å²) in [6.07, 6.45) is 2.39. The van der Waals surface area contributed by atoms with Crippen LogP contribution in [0, 0.1) is 17.7 Å². The molecule has 23 heavy (non-hydrogen) atoms. The Morgan fingerprint density at radius 1 is 1.00 bits per heavy atom. The molecule has 1 amide bonds. The Balaban J connectivity index is 1.42. The third-order valence-electron chi connectivity index (χ3n) is 4.68. The van der Waals surface area contributed by atoms with E-state index in [4.69, 9.17) is 0 Å². The normalized spacial score (nSPS) is 23.2. The van der Waals surface area contributed by atoms with Crippen molar-refractivity contribution in [2.24, 2.45) is 11.8 Å². The summed E-state index contributed by atoms with van der Waals surface area (Å²) in [4.78, 5) is 24.6. The van der Waals surface area contributed by atoms with Gasteiger partial charge in [-0.15, -0.1) is 0 Å². The van der Waals surface area contributed by atoms with Crippen LogP contribution in [0.5, 0.6) is 0 Å². The summed E-state index contributed by atoms with van der Waals surface area (Å²) in [6.45, 7) is 3.15. The SMILES string of the molecule is O=C(c1ccccc1)N1C[C@@H]2CN(c3ncc(F)cn3)C[C@@H]2C1. The Kier molecular flexibility index (Phi) is 3.44. The average molecular weight is 312 g/mol. The van der Waals surface area contributed by atoms with Crippen molar-refractivity contribution in [1.29, 1.82) is 0 Å². The molecule has 4 rings (SSSR count). The van der Waals surface area contributed by atoms with E-state index in [1.54, 1.807) is 0 Å². The summed E-state index contributed by atoms with van der Waals surface area (Å²) < 4.78 is 12.9. The zero-order valence-corrected chi connectivity index (χ0v) is 12.6. The Hall–Kier alpha value is -2.50. The molecule has 0 saturated carbocycles. The van der Waals surface area contributed by atoms with Crippen LogP contribution in [0.25, 0.3) is 0 Å². The third kappa shape index (κ3) is 2.65. The van der Waals surface area contributed by atoms with Gasteiger partial charge in [-0.05, 0) is 12.1 Å². The van der Waals surface area contributed by atoms with Crippen LogP contribution in [0.15, 0.2) is 42.7 Å². The molecule has 6 heteroatoms. The van der Waals surface area contributed by atoms with E-state index in [0.29, 0.717) is 17.8 Å². The Morgan fingerprint density at radius 3 is 2.22 bits per heavy atom. The largest absolute Gasteiger partial charge is 0.340 e. The van der Waals surface area contributed by atoms with Gasteiger partial charge in [-0.1, -0.05) is 18.2 Å². The van der Waals surface area contributed by atoms with Gasteiger partial charge in [0.1, 0.15) is 0 Å². The third-order valence-corrected chi connectivity index (χ3v) is 4.68. The molecule has 5 nitrogen and oxygen atoms in total. The second kappa shape index (κ2) is 5.61. The highest BCUT2D eigenvalue weighted by Crippen LogP contribution is 2.33. The van der Waals surface area contributed by atoms with Crippen molar-refractivity contribution in [3.63, 3.8) is 0 Å². The number of benzene rings is 1. The minimum atomic E-state index is -0.423. The zero-order valence-electron chi connectivity index (χ0n) is 12.6. The lowest BCUT2D eigenvalue weighted by molar-refractivity contribution is 0.0782. The number of halogens is 1. The summed E-state index contributed by atoms with van der Waals surface area (Å²) in [5.74, 6) is 1.10. The molecule has 0 spiro atoms. The highest BCUT2D eigenvalue weighted by Gasteiger charge is 2.42. The number of hydrogen-bond donors (Lipinski definition) is 0. The molecular weight excluding hydrogens is 295 g/mol. The van der Waals surface area contributed by atoms with Crippen LogP contribution in [-0.2, 0) is 0 Å². The highest BCUT2D eigenvalue weighted by atomic mass is 19.1. The van der Waals surface area contributed by atoms with Gasteiger partial charge in [0.15, 0.2) is 5.82 Å². The predicted molar refractivity (Wildman–Crippen MR) is 83.5 cm³/mol. The van der Waals surface area contributed by atoms with Gasteiger partial charge in [0.2, 0.25) is 5.95 Å². The monoisotopic (exact) mass is 312 g/mol. The van der Waals surface area contributed by atoms with Gasteiger partial charge in [-0.3, -0.25) is 4.79 Å². The van der Waals surface area contributed by atoms with Gasteiger partial charge < -0.3 is 9.80 Å². The van der Waals surface area contributed by atoms with Crippen molar-refractivity contribution in [2.45, 2.75) is 0 Å². The lowest BCUT2D eigenvalue weighted by Gasteiger charge is -2.21. The predicted octanol–water partition coefficient (Wildman–Crippen LogP) is 1.82. The van der Waals surface area contributed by atoms with E-state index in [1.807, 2.05) is 35.2 Å². The van der Waals surface area contributed by atoms with Crippen molar-refractivity contribution >= 4 is 11.9 Å². The summed E-state index contributed by atoms with van der Waals surface area (Å²) >= 11 is 0. The molecule has 2 aliphatic heterocycles. The van der Waals surface area contributed by atoms with Gasteiger partial charge in [-0.2, -0.15) is 0 Å². The smallest absolute Gasteiger partial charge is 0.253 e. The summed E-state index contributed by atoms with van der Waals surface area (Å²) in [6, 6.07) is 9.40. The number of hydrogen-bond acceptors (Lipinski definition) is 4. The molecule has 0 N–H and O–H groups in total. The standard InChI is InChI=1S/C17H17FN4O/c18-15-6-19-17(20-7-15)22-10-13-8-21(9-14(13)11-22)16(23)12-4-2-1-3-5-12/h1-7,13-14H,8-11H2/t13-,14+. The van der Waals surface area contributed by atoms with Crippen LogP contribution in [0.3, 0.4) is 0 Å². The second-order valence-corrected chi connectivity index (χ2v) is 6.20. The number of carbonyl (C=O) groups is 1. The molecule has 0 aliphatic carbocycles. The summed E-state index contributed by atoms with van der Waals surface area (Å²) in [5.41, 5.74) is 0.742. The van der Waals surface area contributed by atoms with E-state index < -0.39 is 5.82 Å². The lowest BCUT2D eigenvalue weighted by Crippen LogP contribution is -2.33. The van der Waals surface area contributed by atoms with Gasteiger partial charge in [0.05, 0.1) is 12.4 Å². The molecule has 2 atom stereocenters. The van der Waals surface area contributed by atoms with E-state index in [2.05, 4.69) is 14.9 Å². The average Bonchev–Trinajstić information content (AvgIpc) is 3.14. The van der Waals surface area contributed by atoms with Crippen molar-refractivity contribution in [1.82, 2.24) is 14.9 Å². The quantitative estimate of drug-likeness (QED) is 0.849. The number of amides is 1. The van der Waals surface area contributed by atoms with Crippen LogP contribution in [-0.4, -0.2) is 47.0 Å². The van der Waals surface area contributed by atoms with E-state index in [1.165, 1.54) is 12.4 Å². The fourth-order valence-electron chi connectivity index (χ4n) is 3.55. The van der Waals surface area contributed by atoms with Crippen LogP contribution < -0.4 is 4.90 Å². The molecule has 2 aromatic rings. The molecule has 0 bridgehead atoms. The van der Waals surface area contributed by atoms with Crippen molar-refractivity contribution in [2.75, 3.05) is 31.1 Å². The molecule has 2 fully saturated rings. The van der Waals surface area contributed by atoms with Crippen molar-refractivity contribution < 1.29 is 9.18 Å². The molecule has 2 aliphatic rings. The first-order valence-corrected chi connectivity index (χ1v) is 7.77. The topological polar surface area (TPSA) is 49.3 Å². The molecule has 1 aromatic heterocycles. The number of anilines is 1. The summed E-state index contributed by atoms with van der Waals surface area (Å²) in [5, 5.41) is 0. The molecule has 0 unspecified atom stereocenters. The molecule has 0 radical (unpaired) electrons. The van der Waals surface area contributed by atoms with Gasteiger partial charge in [-0.25, -0.2) is 14.4 Å². The van der Waals surface area contributed by atoms with E-state index >= 15 is 0 Å². The zero-order chi connectivity index (χ0) is 15.8. The van der Waals surface area contributed by atoms with E-state index in [-0.39, 0.29) is 5.91 Å². The molecular formula is C17H17FN4O. The molecule has 3 heterocycles. The lowest BCUT2D eigenvalue weighted by atomic mass is 10.0. The van der Waals surface area contributed by atoms with E-state index in [9.17, 15) is 9.18 Å². The highest BCUT2D eigenvalue weighted by molar-refractivity contribution is 5.94. The van der Waals surface area contributed by atoms with Gasteiger partial charge in [0, 0.05) is 43.6 Å². The maximum absolute atomic E-state index is 12.9. The summed E-state index contributed by atoms with van der Waals surface area (Å²) in [7, 11) is 0. The number of carbonyl (C=O) groups excluding carboxylic acids is 1. The number of rotatable bonds is 2. The maximum Gasteiger partial charge on any atom is 0.253 e. The minimum Gasteiger partial charge on any atom is -0.340 e. The van der Waals surface area contributed by atoms with Crippen LogP contribution >= 0.6 is 0 Å². The number of fused-ring (bicyclic) bond motifs is 1. The van der Waals surface area contributed by atoms with Gasteiger partial charge >= 0.3 is 0 Å². The van der Waals surface area contributed by atoms with Gasteiger partial charge in [0.25, 0.3) is 5.91 Å². The Bertz CT molecular complexity index is 692. The first kappa shape index (κ1) is 14.1. The fraction of sp³-hybridized carbons (Fsp3) is 0.353. The van der Waals surface area contributed by atoms with E-state index in [0.717, 1.165) is 31.7 Å². The maximum atomic E-state index is 12.9. The second-order valence-electron chi connectivity index (χ2n) is 6.20. The van der Waals surface area contributed by atoms with Crippen LogP contribution in [0.4, 0.5) is 10.3 Å². The molecule has 2 saturated heterocycles. The number of likely N-dealkylation sites (tertiary alicyclic amines) is 1. The first-order chi connectivity index (χ1) is 11.2. The minimum absolute atomic E-state index is 0.101. The van der Waals surface area contributed by atoms with Crippen molar-refractivity contribution in [3.05, 3.63) is 54.1 Å². The van der Waals surface area contributed by atoms with Crippen LogP contribution in [0.2, 0.25) is 0 Å². The Labute approximate surface area is 133 Å².